The maximum atomic E-state index is 13.1. The summed E-state index contributed by atoms with van der Waals surface area (Å²) in [5.41, 5.74) is 0. The van der Waals surface area contributed by atoms with Gasteiger partial charge in [-0.25, -0.2) is 9.13 Å². The third-order valence-electron chi connectivity index (χ3n) is 17.3. The molecule has 0 heterocycles. The molecule has 0 fully saturated rings. The molecule has 0 saturated heterocycles. The number of phosphoric acid groups is 2. The topological polar surface area (TPSA) is 237 Å². The summed E-state index contributed by atoms with van der Waals surface area (Å²) in [5, 5.41) is 10.7. The smallest absolute Gasteiger partial charge is 0.462 e. The normalized spacial score (nSPS) is 14.4. The van der Waals surface area contributed by atoms with Crippen LogP contribution in [0.25, 0.3) is 0 Å². The Morgan fingerprint density at radius 1 is 0.279 bits per heavy atom. The average molecular weight is 1500 g/mol. The standard InChI is InChI=1S/C85H148O17P2/c1-5-9-13-17-21-25-29-33-37-38-39-40-44-46-50-54-58-62-66-70-83(88)96-76-81(102-85(90)72-68-64-60-56-52-48-43-36-32-28-24-20-16-12-8-4)78-100-104(93,94)98-74-79(86)73-97-103(91,92)99-77-80(101-84(89)71-67-63-59-55-51-47-42-35-31-27-23-19-15-11-7-3)75-95-82(87)69-65-61-57-53-49-45-41-34-30-26-22-18-14-10-6-2/h9-10,13-14,21-22,25-26,33-34,37,39-41,46,49-50,53,79-81,86H,5-8,11-12,15-20,23-24,27-32,35-36,38,42-45,47-48,51-52,54-78H2,1-4H3,(H,91,92)(H,93,94)/b13-9-,14-10-,25-21-,26-22-,37-33-,40-39-,41-34-,50-46-,53-49-. The Labute approximate surface area is 632 Å². The van der Waals surface area contributed by atoms with Crippen LogP contribution in [0.5, 0.6) is 0 Å². The van der Waals surface area contributed by atoms with Crippen LogP contribution in [0.3, 0.4) is 0 Å². The summed E-state index contributed by atoms with van der Waals surface area (Å²) >= 11 is 0. The Kier molecular flexibility index (Phi) is 73.7. The lowest BCUT2D eigenvalue weighted by Gasteiger charge is -2.21. The number of allylic oxidation sites excluding steroid dienone is 18. The molecule has 0 aliphatic carbocycles. The van der Waals surface area contributed by atoms with Gasteiger partial charge in [-0.2, -0.15) is 0 Å². The predicted octanol–water partition coefficient (Wildman–Crippen LogP) is 24.1. The van der Waals surface area contributed by atoms with Crippen molar-refractivity contribution in [3.63, 3.8) is 0 Å². The zero-order valence-corrected chi connectivity index (χ0v) is 67.5. The fraction of sp³-hybridized carbons (Fsp3) is 0.741. The summed E-state index contributed by atoms with van der Waals surface area (Å²) < 4.78 is 68.6. The van der Waals surface area contributed by atoms with Crippen molar-refractivity contribution in [3.05, 3.63) is 109 Å². The number of carbonyl (C=O) groups is 4. The molecule has 0 bridgehead atoms. The van der Waals surface area contributed by atoms with Gasteiger partial charge in [0.25, 0.3) is 0 Å². The van der Waals surface area contributed by atoms with E-state index < -0.39 is 97.5 Å². The molecule has 3 N–H and O–H groups in total. The van der Waals surface area contributed by atoms with Crippen LogP contribution in [-0.2, 0) is 65.4 Å². The fourth-order valence-corrected chi connectivity index (χ4v) is 12.6. The van der Waals surface area contributed by atoms with E-state index in [2.05, 4.69) is 137 Å². The van der Waals surface area contributed by atoms with Crippen LogP contribution in [0.4, 0.5) is 0 Å². The Morgan fingerprint density at radius 3 is 0.788 bits per heavy atom. The maximum absolute atomic E-state index is 13.1. The van der Waals surface area contributed by atoms with Gasteiger partial charge in [0.05, 0.1) is 26.4 Å². The van der Waals surface area contributed by atoms with Gasteiger partial charge < -0.3 is 33.8 Å². The van der Waals surface area contributed by atoms with Gasteiger partial charge in [0.1, 0.15) is 19.3 Å². The van der Waals surface area contributed by atoms with Crippen molar-refractivity contribution in [2.45, 2.75) is 367 Å². The molecule has 5 atom stereocenters. The summed E-state index contributed by atoms with van der Waals surface area (Å²) in [6, 6.07) is 0. The third-order valence-corrected chi connectivity index (χ3v) is 19.2. The van der Waals surface area contributed by atoms with E-state index in [-0.39, 0.29) is 25.7 Å². The average Bonchev–Trinajstić information content (AvgIpc) is 0.918. The van der Waals surface area contributed by atoms with Crippen molar-refractivity contribution in [2.75, 3.05) is 39.6 Å². The molecule has 0 amide bonds. The van der Waals surface area contributed by atoms with E-state index in [9.17, 15) is 43.2 Å². The summed E-state index contributed by atoms with van der Waals surface area (Å²) in [7, 11) is -9.97. The van der Waals surface area contributed by atoms with Crippen LogP contribution in [-0.4, -0.2) is 96.7 Å². The second kappa shape index (κ2) is 76.9. The molecule has 0 aliphatic rings. The summed E-state index contributed by atoms with van der Waals surface area (Å²) in [4.78, 5) is 73.1. The van der Waals surface area contributed by atoms with E-state index in [0.717, 1.165) is 141 Å². The minimum atomic E-state index is -4.99. The van der Waals surface area contributed by atoms with Crippen LogP contribution >= 0.6 is 15.6 Å². The van der Waals surface area contributed by atoms with E-state index in [1.807, 2.05) is 0 Å². The number of phosphoric ester groups is 2. The molecule has 0 saturated carbocycles. The number of ether oxygens (including phenoxy) is 4. The van der Waals surface area contributed by atoms with E-state index in [0.29, 0.717) is 25.7 Å². The molecular weight excluding hydrogens is 1350 g/mol. The molecule has 19 heteroatoms. The Hall–Kier alpha value is -4.28. The number of aliphatic hydroxyl groups excluding tert-OH is 1. The molecular formula is C85H148O17P2. The first-order valence-corrected chi connectivity index (χ1v) is 44.1. The van der Waals surface area contributed by atoms with Crippen molar-refractivity contribution >= 4 is 39.5 Å². The van der Waals surface area contributed by atoms with Crippen LogP contribution in [0, 0.1) is 0 Å². The minimum Gasteiger partial charge on any atom is -0.462 e. The number of esters is 4. The van der Waals surface area contributed by atoms with Gasteiger partial charge in [-0.15, -0.1) is 0 Å². The van der Waals surface area contributed by atoms with Crippen molar-refractivity contribution < 1.29 is 80.2 Å². The Morgan fingerprint density at radius 2 is 0.500 bits per heavy atom. The molecule has 0 aliphatic heterocycles. The first-order chi connectivity index (χ1) is 50.7. The first-order valence-electron chi connectivity index (χ1n) is 41.1. The molecule has 5 unspecified atom stereocenters. The lowest BCUT2D eigenvalue weighted by Crippen LogP contribution is -2.30. The molecule has 600 valence electrons. The molecule has 0 aromatic carbocycles. The maximum Gasteiger partial charge on any atom is 0.472 e. The first kappa shape index (κ1) is 99.7. The number of aliphatic hydroxyl groups is 1. The molecule has 0 rings (SSSR count). The highest BCUT2D eigenvalue weighted by molar-refractivity contribution is 7.47. The van der Waals surface area contributed by atoms with Crippen LogP contribution in [0.2, 0.25) is 0 Å². The van der Waals surface area contributed by atoms with Gasteiger partial charge in [-0.1, -0.05) is 323 Å². The monoisotopic (exact) mass is 1500 g/mol. The van der Waals surface area contributed by atoms with Gasteiger partial charge >= 0.3 is 39.5 Å². The SMILES string of the molecule is CC/C=C\C/C=C\C/C=C\C/C=C\C/C=C\CCCCCC(=O)OCC(COP(=O)(O)OCC(O)COP(=O)(O)OCC(COC(=O)CCCC/C=C\C/C=C\C/C=C\C/C=C\CC)OC(=O)CCCCCCCCCCCCCCCCC)OC(=O)CCCCCCCCCCCCCCCCC. The molecule has 0 aromatic rings. The highest BCUT2D eigenvalue weighted by Crippen LogP contribution is 2.45. The summed E-state index contributed by atoms with van der Waals surface area (Å²) in [5.74, 6) is -2.24. The quantitative estimate of drug-likeness (QED) is 0.0169. The van der Waals surface area contributed by atoms with Gasteiger partial charge in [-0.3, -0.25) is 37.3 Å². The Bertz CT molecular complexity index is 2390. The van der Waals surface area contributed by atoms with Crippen LogP contribution in [0.1, 0.15) is 349 Å². The second-order valence-electron chi connectivity index (χ2n) is 27.3. The summed E-state index contributed by atoms with van der Waals surface area (Å²) in [6.07, 6.45) is 83.5. The van der Waals surface area contributed by atoms with Gasteiger partial charge in [0.15, 0.2) is 12.2 Å². The molecule has 104 heavy (non-hydrogen) atoms. The molecule has 17 nitrogen and oxygen atoms in total. The second-order valence-corrected chi connectivity index (χ2v) is 30.2. The van der Waals surface area contributed by atoms with Crippen molar-refractivity contribution in [2.24, 2.45) is 0 Å². The zero-order valence-electron chi connectivity index (χ0n) is 65.7. The predicted molar refractivity (Wildman–Crippen MR) is 427 cm³/mol. The lowest BCUT2D eigenvalue weighted by molar-refractivity contribution is -0.161. The fourth-order valence-electron chi connectivity index (χ4n) is 11.1. The van der Waals surface area contributed by atoms with Crippen molar-refractivity contribution in [1.82, 2.24) is 0 Å². The molecule has 0 aromatic heterocycles. The number of hydrogen-bond acceptors (Lipinski definition) is 15. The Balaban J connectivity index is 5.40. The van der Waals surface area contributed by atoms with E-state index in [1.54, 1.807) is 0 Å². The van der Waals surface area contributed by atoms with Crippen molar-refractivity contribution in [1.29, 1.82) is 0 Å². The number of unbranched alkanes of at least 4 members (excludes halogenated alkanes) is 33. The van der Waals surface area contributed by atoms with Gasteiger partial charge in [-0.05, 0) is 109 Å². The van der Waals surface area contributed by atoms with Crippen molar-refractivity contribution in [3.8, 4) is 0 Å². The van der Waals surface area contributed by atoms with Crippen LogP contribution in [0.15, 0.2) is 109 Å². The summed E-state index contributed by atoms with van der Waals surface area (Å²) in [6.45, 7) is 4.62. The largest absolute Gasteiger partial charge is 0.472 e. The van der Waals surface area contributed by atoms with E-state index >= 15 is 0 Å². The molecule has 0 radical (unpaired) electrons. The highest BCUT2D eigenvalue weighted by Gasteiger charge is 2.30. The van der Waals surface area contributed by atoms with Gasteiger partial charge in [0, 0.05) is 25.7 Å². The highest BCUT2D eigenvalue weighted by atomic mass is 31.2. The van der Waals surface area contributed by atoms with Gasteiger partial charge in [0.2, 0.25) is 0 Å². The number of carbonyl (C=O) groups excluding carboxylic acids is 4. The lowest BCUT2D eigenvalue weighted by atomic mass is 10.0. The molecule has 0 spiro atoms. The number of rotatable bonds is 77. The third kappa shape index (κ3) is 75.9. The number of hydrogen-bond donors (Lipinski definition) is 3. The zero-order chi connectivity index (χ0) is 76.0. The van der Waals surface area contributed by atoms with E-state index in [1.165, 1.54) is 128 Å². The van der Waals surface area contributed by atoms with E-state index in [4.69, 9.17) is 37.0 Å². The van der Waals surface area contributed by atoms with Crippen LogP contribution < -0.4 is 0 Å². The minimum absolute atomic E-state index is 0.0884.